The fourth-order valence-corrected chi connectivity index (χ4v) is 4.26. The van der Waals surface area contributed by atoms with Gasteiger partial charge in [0.25, 0.3) is 0 Å². The van der Waals surface area contributed by atoms with Crippen molar-refractivity contribution in [1.29, 1.82) is 5.26 Å². The molecule has 2 N–H and O–H groups in total. The number of hydrogen-bond donors (Lipinski definition) is 1. The molecular weight excluding hydrogens is 432 g/mol. The van der Waals surface area contributed by atoms with E-state index in [-0.39, 0.29) is 23.6 Å². The van der Waals surface area contributed by atoms with Gasteiger partial charge in [-0.15, -0.1) is 0 Å². The summed E-state index contributed by atoms with van der Waals surface area (Å²) >= 11 is 0. The minimum atomic E-state index is -0.748. The second-order valence-electron chi connectivity index (χ2n) is 8.19. The fourth-order valence-electron chi connectivity index (χ4n) is 4.26. The first-order valence-electron chi connectivity index (χ1n) is 11.0. The molecule has 0 spiro atoms. The lowest BCUT2D eigenvalue weighted by Gasteiger charge is -2.27. The molecule has 0 radical (unpaired) electrons. The first-order valence-corrected chi connectivity index (χ1v) is 11.0. The summed E-state index contributed by atoms with van der Waals surface area (Å²) in [5.74, 6) is -0.0286. The monoisotopic (exact) mass is 462 g/mol. The summed E-state index contributed by atoms with van der Waals surface area (Å²) in [6.45, 7) is 10.1. The number of rotatable bonds is 7. The number of methoxy groups -OCH3 is 1. The van der Waals surface area contributed by atoms with Crippen LogP contribution in [0.4, 0.5) is 0 Å². The van der Waals surface area contributed by atoms with Gasteiger partial charge in [-0.2, -0.15) is 5.26 Å². The highest BCUT2D eigenvalue weighted by atomic mass is 16.5. The second-order valence-corrected chi connectivity index (χ2v) is 8.19. The Balaban J connectivity index is 1.99. The van der Waals surface area contributed by atoms with Crippen molar-refractivity contribution in [3.8, 4) is 17.6 Å². The van der Waals surface area contributed by atoms with E-state index in [4.69, 9.17) is 24.7 Å². The molecule has 0 amide bonds. The van der Waals surface area contributed by atoms with E-state index in [1.165, 1.54) is 5.56 Å². The van der Waals surface area contributed by atoms with Crippen molar-refractivity contribution in [3.63, 3.8) is 0 Å². The maximum absolute atomic E-state index is 12.7. The summed E-state index contributed by atoms with van der Waals surface area (Å²) in [6, 6.07) is 11.6. The van der Waals surface area contributed by atoms with Crippen molar-refractivity contribution < 1.29 is 23.7 Å². The van der Waals surface area contributed by atoms with Crippen molar-refractivity contribution in [1.82, 2.24) is 0 Å². The molecule has 7 nitrogen and oxygen atoms in total. The number of nitriles is 1. The van der Waals surface area contributed by atoms with E-state index < -0.39 is 11.9 Å². The van der Waals surface area contributed by atoms with E-state index in [0.29, 0.717) is 29.4 Å². The van der Waals surface area contributed by atoms with Gasteiger partial charge in [0.05, 0.1) is 25.2 Å². The smallest absolute Gasteiger partial charge is 0.338 e. The van der Waals surface area contributed by atoms with Gasteiger partial charge < -0.3 is 24.7 Å². The van der Waals surface area contributed by atoms with E-state index >= 15 is 0 Å². The van der Waals surface area contributed by atoms with Crippen LogP contribution in [0, 0.1) is 32.1 Å². The third kappa shape index (κ3) is 4.86. The van der Waals surface area contributed by atoms with E-state index in [2.05, 4.69) is 39.0 Å². The fraction of sp³-hybridized carbons (Fsp3) is 0.333. The number of carbonyl (C=O) groups is 1. The quantitative estimate of drug-likeness (QED) is 0.587. The van der Waals surface area contributed by atoms with Gasteiger partial charge in [-0.1, -0.05) is 23.8 Å². The van der Waals surface area contributed by atoms with Crippen LogP contribution in [0.5, 0.6) is 11.5 Å². The number of esters is 1. The highest BCUT2D eigenvalue weighted by molar-refractivity contribution is 5.92. The topological polar surface area (TPSA) is 104 Å². The van der Waals surface area contributed by atoms with E-state index in [0.717, 1.165) is 16.7 Å². The summed E-state index contributed by atoms with van der Waals surface area (Å²) in [7, 11) is 1.54. The highest BCUT2D eigenvalue weighted by Crippen LogP contribution is 2.42. The molecule has 1 atom stereocenters. The average molecular weight is 463 g/mol. The van der Waals surface area contributed by atoms with Gasteiger partial charge in [0.15, 0.2) is 11.5 Å². The molecule has 178 valence electrons. The zero-order valence-corrected chi connectivity index (χ0v) is 20.4. The number of aryl methyl sites for hydroxylation is 3. The molecule has 1 aliphatic rings. The SMILES string of the molecule is CCOC(=O)C1=C(C)OC(N)=C(C#N)[C@@H]1c1ccc(OCc2c(C)cc(C)cc2C)c(OC)c1. The van der Waals surface area contributed by atoms with Gasteiger partial charge >= 0.3 is 5.97 Å². The van der Waals surface area contributed by atoms with Gasteiger partial charge in [0, 0.05) is 0 Å². The number of nitrogens with two attached hydrogens (primary N) is 1. The Morgan fingerprint density at radius 3 is 2.38 bits per heavy atom. The third-order valence-electron chi connectivity index (χ3n) is 5.83. The molecule has 0 aliphatic carbocycles. The molecule has 1 aliphatic heterocycles. The van der Waals surface area contributed by atoms with Gasteiger partial charge in [0.2, 0.25) is 5.88 Å². The average Bonchev–Trinajstić information content (AvgIpc) is 2.78. The van der Waals surface area contributed by atoms with Crippen LogP contribution in [0.1, 0.15) is 47.6 Å². The van der Waals surface area contributed by atoms with Crippen LogP contribution in [0.2, 0.25) is 0 Å². The molecule has 0 bridgehead atoms. The van der Waals surface area contributed by atoms with Gasteiger partial charge in [-0.3, -0.25) is 0 Å². The lowest BCUT2D eigenvalue weighted by atomic mass is 9.83. The summed E-state index contributed by atoms with van der Waals surface area (Å²) in [5.41, 5.74) is 11.6. The number of carbonyl (C=O) groups excluding carboxylic acids is 1. The largest absolute Gasteiger partial charge is 0.493 e. The second kappa shape index (κ2) is 10.3. The molecule has 0 saturated carbocycles. The van der Waals surface area contributed by atoms with Crippen LogP contribution in [-0.2, 0) is 20.9 Å². The number of hydrogen-bond acceptors (Lipinski definition) is 7. The van der Waals surface area contributed by atoms with Gasteiger partial charge in [-0.25, -0.2) is 4.79 Å². The lowest BCUT2D eigenvalue weighted by molar-refractivity contribution is -0.139. The summed E-state index contributed by atoms with van der Waals surface area (Å²) in [5, 5.41) is 9.77. The van der Waals surface area contributed by atoms with Crippen LogP contribution < -0.4 is 15.2 Å². The maximum atomic E-state index is 12.7. The first kappa shape index (κ1) is 24.7. The van der Waals surface area contributed by atoms with Crippen LogP contribution in [0.3, 0.4) is 0 Å². The van der Waals surface area contributed by atoms with Gasteiger partial charge in [-0.05, 0) is 69.0 Å². The van der Waals surface area contributed by atoms with E-state index in [1.807, 2.05) is 0 Å². The standard InChI is InChI=1S/C27H30N2O5/c1-7-32-27(30)24-18(5)34-26(29)20(13-28)25(24)19-8-9-22(23(12-19)31-6)33-14-21-16(3)10-15(2)11-17(21)4/h8-12,25H,7,14,29H2,1-6H3/t25-/m0/s1. The predicted octanol–water partition coefficient (Wildman–Crippen LogP) is 4.84. The molecule has 0 fully saturated rings. The van der Waals surface area contributed by atoms with E-state index in [9.17, 15) is 10.1 Å². The number of ether oxygens (including phenoxy) is 4. The summed E-state index contributed by atoms with van der Waals surface area (Å²) < 4.78 is 22.4. The first-order chi connectivity index (χ1) is 16.2. The number of nitrogens with zero attached hydrogens (tertiary/aromatic N) is 1. The van der Waals surface area contributed by atoms with Crippen molar-refractivity contribution in [2.45, 2.75) is 47.1 Å². The van der Waals surface area contributed by atoms with Crippen molar-refractivity contribution in [3.05, 3.63) is 80.9 Å². The predicted molar refractivity (Wildman–Crippen MR) is 128 cm³/mol. The number of allylic oxidation sites excluding steroid dienone is 2. The molecule has 7 heteroatoms. The highest BCUT2D eigenvalue weighted by Gasteiger charge is 2.36. The lowest BCUT2D eigenvalue weighted by Crippen LogP contribution is -2.25. The van der Waals surface area contributed by atoms with Crippen LogP contribution in [0.25, 0.3) is 0 Å². The summed E-state index contributed by atoms with van der Waals surface area (Å²) in [6.07, 6.45) is 0. The van der Waals surface area contributed by atoms with Gasteiger partial charge in [0.1, 0.15) is 24.0 Å². The molecule has 3 rings (SSSR count). The van der Waals surface area contributed by atoms with Crippen molar-refractivity contribution >= 4 is 5.97 Å². The molecule has 0 unspecified atom stereocenters. The molecule has 1 heterocycles. The molecule has 34 heavy (non-hydrogen) atoms. The molecular formula is C27H30N2O5. The third-order valence-corrected chi connectivity index (χ3v) is 5.83. The number of benzene rings is 2. The van der Waals surface area contributed by atoms with Crippen molar-refractivity contribution in [2.75, 3.05) is 13.7 Å². The Morgan fingerprint density at radius 1 is 1.12 bits per heavy atom. The molecule has 0 saturated heterocycles. The van der Waals surface area contributed by atoms with E-state index in [1.54, 1.807) is 39.2 Å². The zero-order chi connectivity index (χ0) is 25.0. The summed E-state index contributed by atoms with van der Waals surface area (Å²) in [4.78, 5) is 12.7. The Labute approximate surface area is 200 Å². The van der Waals surface area contributed by atoms with Crippen molar-refractivity contribution in [2.24, 2.45) is 5.73 Å². The van der Waals surface area contributed by atoms with Crippen LogP contribution >= 0.6 is 0 Å². The normalized spacial score (nSPS) is 15.5. The minimum Gasteiger partial charge on any atom is -0.493 e. The van der Waals surface area contributed by atoms with Crippen LogP contribution in [0.15, 0.2) is 53.1 Å². The Hall–Kier alpha value is -3.92. The minimum absolute atomic E-state index is 0.0392. The molecule has 2 aromatic carbocycles. The maximum Gasteiger partial charge on any atom is 0.338 e. The Bertz CT molecular complexity index is 1200. The molecule has 0 aromatic heterocycles. The molecule has 2 aromatic rings. The Morgan fingerprint density at radius 2 is 1.79 bits per heavy atom. The van der Waals surface area contributed by atoms with Crippen LogP contribution in [-0.4, -0.2) is 19.7 Å². The zero-order valence-electron chi connectivity index (χ0n) is 20.4. The Kier molecular flexibility index (Phi) is 7.52.